The van der Waals surface area contributed by atoms with E-state index < -0.39 is 0 Å². The summed E-state index contributed by atoms with van der Waals surface area (Å²) in [6, 6.07) is 42.2. The summed E-state index contributed by atoms with van der Waals surface area (Å²) >= 11 is 0. The minimum absolute atomic E-state index is 0.429. The molecule has 0 N–H and O–H groups in total. The van der Waals surface area contributed by atoms with Gasteiger partial charge in [-0.1, -0.05) is 104 Å². The van der Waals surface area contributed by atoms with Crippen LogP contribution < -0.4 is 15.5 Å². The van der Waals surface area contributed by atoms with Crippen molar-refractivity contribution < 1.29 is 0 Å². The molecule has 0 spiro atoms. The topological polar surface area (TPSA) is 8.17 Å². The van der Waals surface area contributed by atoms with Crippen LogP contribution in [0.1, 0.15) is 43.2 Å². The Balaban J connectivity index is 1.15. The van der Waals surface area contributed by atoms with Crippen LogP contribution >= 0.6 is 0 Å². The lowest BCUT2D eigenvalue weighted by Crippen LogP contribution is -2.31. The summed E-state index contributed by atoms with van der Waals surface area (Å²) < 4.78 is 2.55. The van der Waals surface area contributed by atoms with Crippen molar-refractivity contribution in [3.63, 3.8) is 0 Å². The first-order chi connectivity index (χ1) is 21.8. The van der Waals surface area contributed by atoms with Crippen molar-refractivity contribution in [2.24, 2.45) is 5.92 Å². The Labute approximate surface area is 258 Å². The molecule has 0 aliphatic heterocycles. The molecule has 2 unspecified atom stereocenters. The van der Waals surface area contributed by atoms with Gasteiger partial charge in [0.1, 0.15) is 0 Å². The molecule has 2 atom stereocenters. The molecular formula is C42H34N2. The molecule has 1 aromatic heterocycles. The van der Waals surface area contributed by atoms with Gasteiger partial charge in [0.2, 0.25) is 0 Å². The molecule has 0 fully saturated rings. The average molecular weight is 567 g/mol. The SMILES string of the molecule is CC1c2cc(N(c3ccccc3)c3cccc4ccccc34)ccc2C2=CC=C(n3c4c(c5ccccc53)=CCCC=4)CC21. The molecule has 6 aromatic rings. The van der Waals surface area contributed by atoms with Gasteiger partial charge >= 0.3 is 0 Å². The van der Waals surface area contributed by atoms with Crippen molar-refractivity contribution >= 4 is 62.2 Å². The van der Waals surface area contributed by atoms with E-state index in [4.69, 9.17) is 0 Å². The van der Waals surface area contributed by atoms with E-state index in [9.17, 15) is 0 Å². The molecule has 2 nitrogen and oxygen atoms in total. The predicted octanol–water partition coefficient (Wildman–Crippen LogP) is 9.68. The van der Waals surface area contributed by atoms with Gasteiger partial charge < -0.3 is 9.47 Å². The summed E-state index contributed by atoms with van der Waals surface area (Å²) in [6.07, 6.45) is 13.0. The third-order valence-electron chi connectivity index (χ3n) is 10.1. The lowest BCUT2D eigenvalue weighted by atomic mass is 9.85. The molecule has 0 radical (unpaired) electrons. The van der Waals surface area contributed by atoms with Crippen LogP contribution in [0.15, 0.2) is 127 Å². The van der Waals surface area contributed by atoms with Gasteiger partial charge in [-0.2, -0.15) is 0 Å². The first-order valence-electron chi connectivity index (χ1n) is 15.9. The number of hydrogen-bond acceptors (Lipinski definition) is 1. The van der Waals surface area contributed by atoms with E-state index in [-0.39, 0.29) is 0 Å². The van der Waals surface area contributed by atoms with E-state index in [0.717, 1.165) is 19.3 Å². The number of rotatable bonds is 4. The maximum Gasteiger partial charge on any atom is 0.0540 e. The van der Waals surface area contributed by atoms with Crippen LogP contribution in [0.25, 0.3) is 45.1 Å². The van der Waals surface area contributed by atoms with Crippen molar-refractivity contribution in [3.8, 4) is 0 Å². The minimum Gasteiger partial charge on any atom is -0.313 e. The van der Waals surface area contributed by atoms with Crippen LogP contribution in [0.2, 0.25) is 0 Å². The largest absolute Gasteiger partial charge is 0.313 e. The van der Waals surface area contributed by atoms with Crippen LogP contribution in [0.5, 0.6) is 0 Å². The van der Waals surface area contributed by atoms with Crippen LogP contribution in [0.4, 0.5) is 17.1 Å². The lowest BCUT2D eigenvalue weighted by molar-refractivity contribution is 0.584. The molecule has 44 heavy (non-hydrogen) atoms. The van der Waals surface area contributed by atoms with Gasteiger partial charge in [0.15, 0.2) is 0 Å². The predicted molar refractivity (Wildman–Crippen MR) is 187 cm³/mol. The molecule has 0 amide bonds. The van der Waals surface area contributed by atoms with Crippen molar-refractivity contribution in [1.82, 2.24) is 4.57 Å². The van der Waals surface area contributed by atoms with E-state index in [1.54, 1.807) is 0 Å². The Morgan fingerprint density at radius 3 is 2.36 bits per heavy atom. The Bertz CT molecular complexity index is 2280. The number of para-hydroxylation sites is 2. The van der Waals surface area contributed by atoms with Crippen LogP contribution in [-0.4, -0.2) is 4.57 Å². The molecule has 0 bridgehead atoms. The summed E-state index contributed by atoms with van der Waals surface area (Å²) in [7, 11) is 0. The number of hydrogen-bond donors (Lipinski definition) is 0. The van der Waals surface area contributed by atoms with Crippen LogP contribution in [0, 0.1) is 5.92 Å². The second-order valence-corrected chi connectivity index (χ2v) is 12.5. The second kappa shape index (κ2) is 9.99. The highest BCUT2D eigenvalue weighted by Gasteiger charge is 2.36. The number of allylic oxidation sites excluding steroid dienone is 4. The van der Waals surface area contributed by atoms with Gasteiger partial charge in [-0.05, 0) is 95.7 Å². The van der Waals surface area contributed by atoms with Gasteiger partial charge in [-0.3, -0.25) is 0 Å². The lowest BCUT2D eigenvalue weighted by Gasteiger charge is -2.27. The molecule has 5 aromatic carbocycles. The van der Waals surface area contributed by atoms with Crippen molar-refractivity contribution in [1.29, 1.82) is 0 Å². The molecule has 212 valence electrons. The highest BCUT2D eigenvalue weighted by Crippen LogP contribution is 2.52. The fourth-order valence-corrected chi connectivity index (χ4v) is 8.03. The monoisotopic (exact) mass is 566 g/mol. The molecule has 1 heterocycles. The molecule has 0 saturated heterocycles. The van der Waals surface area contributed by atoms with E-state index >= 15 is 0 Å². The number of anilines is 3. The summed E-state index contributed by atoms with van der Waals surface area (Å²) in [5.41, 5.74) is 10.7. The Morgan fingerprint density at radius 2 is 1.45 bits per heavy atom. The third kappa shape index (κ3) is 3.80. The van der Waals surface area contributed by atoms with Crippen LogP contribution in [-0.2, 0) is 0 Å². The van der Waals surface area contributed by atoms with E-state index in [1.165, 1.54) is 71.7 Å². The fraction of sp³-hybridized carbons (Fsp3) is 0.143. The highest BCUT2D eigenvalue weighted by atomic mass is 15.1. The zero-order valence-corrected chi connectivity index (χ0v) is 24.9. The highest BCUT2D eigenvalue weighted by molar-refractivity contribution is 5.99. The average Bonchev–Trinajstić information content (AvgIpc) is 3.57. The minimum atomic E-state index is 0.429. The van der Waals surface area contributed by atoms with Crippen molar-refractivity contribution in [3.05, 3.63) is 149 Å². The molecule has 9 rings (SSSR count). The van der Waals surface area contributed by atoms with Gasteiger partial charge in [-0.15, -0.1) is 0 Å². The first-order valence-corrected chi connectivity index (χ1v) is 15.9. The Kier molecular flexibility index (Phi) is 5.77. The number of aromatic nitrogens is 1. The van der Waals surface area contributed by atoms with E-state index in [0.29, 0.717) is 11.8 Å². The van der Waals surface area contributed by atoms with Crippen LogP contribution in [0.3, 0.4) is 0 Å². The Morgan fingerprint density at radius 1 is 0.682 bits per heavy atom. The van der Waals surface area contributed by atoms with Gasteiger partial charge in [0.05, 0.1) is 11.2 Å². The second-order valence-electron chi connectivity index (χ2n) is 12.5. The van der Waals surface area contributed by atoms with E-state index in [1.807, 2.05) is 0 Å². The number of fused-ring (bicyclic) bond motifs is 7. The summed E-state index contributed by atoms with van der Waals surface area (Å²) in [5.74, 6) is 0.894. The molecule has 2 heteroatoms. The molecule has 3 aliphatic carbocycles. The molecule has 3 aliphatic rings. The quantitative estimate of drug-likeness (QED) is 0.206. The van der Waals surface area contributed by atoms with Gasteiger partial charge in [0.25, 0.3) is 0 Å². The Hall–Kier alpha value is -5.08. The zero-order valence-electron chi connectivity index (χ0n) is 24.9. The molecular weight excluding hydrogens is 532 g/mol. The van der Waals surface area contributed by atoms with Crippen molar-refractivity contribution in [2.45, 2.75) is 32.1 Å². The number of nitrogens with zero attached hydrogens (tertiary/aromatic N) is 2. The normalized spacial score (nSPS) is 18.5. The first kappa shape index (κ1) is 25.4. The smallest absolute Gasteiger partial charge is 0.0540 e. The zero-order chi connectivity index (χ0) is 29.2. The standard InChI is InChI=1S/C42H34N2/c1-28-38-26-31(43(30-14-3-2-4-15-30)40-21-11-13-29-12-5-6-16-33(29)40)22-24-34(38)35-25-23-32(27-39(28)35)44-41-19-9-7-17-36(41)37-18-8-10-20-42(37)44/h2-7,9,11-26,28,39H,8,10,27H2,1H3. The van der Waals surface area contributed by atoms with Gasteiger partial charge in [-0.25, -0.2) is 0 Å². The third-order valence-corrected chi connectivity index (χ3v) is 10.1. The van der Waals surface area contributed by atoms with Gasteiger partial charge in [0, 0.05) is 38.4 Å². The van der Waals surface area contributed by atoms with Crippen molar-refractivity contribution in [2.75, 3.05) is 4.90 Å². The van der Waals surface area contributed by atoms with E-state index in [2.05, 4.69) is 156 Å². The summed E-state index contributed by atoms with van der Waals surface area (Å²) in [6.45, 7) is 2.44. The fourth-order valence-electron chi connectivity index (χ4n) is 8.03. The maximum atomic E-state index is 2.55. The summed E-state index contributed by atoms with van der Waals surface area (Å²) in [5, 5.41) is 6.67. The maximum absolute atomic E-state index is 2.55. The number of benzene rings is 5. The molecule has 0 saturated carbocycles. The summed E-state index contributed by atoms with van der Waals surface area (Å²) in [4.78, 5) is 2.43.